The van der Waals surface area contributed by atoms with Crippen LogP contribution in [0.1, 0.15) is 24.9 Å². The summed E-state index contributed by atoms with van der Waals surface area (Å²) in [5.41, 5.74) is 1.75. The van der Waals surface area contributed by atoms with E-state index in [4.69, 9.17) is 4.74 Å². The smallest absolute Gasteiger partial charge is 0.229 e. The molecule has 0 bridgehead atoms. The molecule has 4 rings (SSSR count). The minimum Gasteiger partial charge on any atom is -0.457 e. The summed E-state index contributed by atoms with van der Waals surface area (Å²) in [5, 5.41) is 2.92. The van der Waals surface area contributed by atoms with Crippen LogP contribution in [0.3, 0.4) is 0 Å². The second-order valence-corrected chi connectivity index (χ2v) is 7.46. The van der Waals surface area contributed by atoms with Crippen molar-refractivity contribution in [2.24, 2.45) is 5.92 Å². The van der Waals surface area contributed by atoms with Gasteiger partial charge in [0.05, 0.1) is 12.0 Å². The van der Waals surface area contributed by atoms with Gasteiger partial charge < -0.3 is 15.0 Å². The van der Waals surface area contributed by atoms with Gasteiger partial charge in [-0.25, -0.2) is 0 Å². The van der Waals surface area contributed by atoms with Crippen molar-refractivity contribution in [1.82, 2.24) is 4.90 Å². The molecule has 0 saturated carbocycles. The van der Waals surface area contributed by atoms with Crippen molar-refractivity contribution in [2.45, 2.75) is 19.4 Å². The Balaban J connectivity index is 1.35. The van der Waals surface area contributed by atoms with Crippen LogP contribution >= 0.6 is 0 Å². The Morgan fingerprint density at radius 3 is 2.20 bits per heavy atom. The Morgan fingerprint density at radius 1 is 0.933 bits per heavy atom. The lowest BCUT2D eigenvalue weighted by molar-refractivity contribution is -0.129. The first-order valence-corrected chi connectivity index (χ1v) is 10.1. The van der Waals surface area contributed by atoms with Crippen LogP contribution in [-0.2, 0) is 9.59 Å². The summed E-state index contributed by atoms with van der Waals surface area (Å²) >= 11 is 0. The highest BCUT2D eigenvalue weighted by molar-refractivity contribution is 5.97. The van der Waals surface area contributed by atoms with Crippen molar-refractivity contribution in [2.75, 3.05) is 11.9 Å². The highest BCUT2D eigenvalue weighted by atomic mass is 16.5. The summed E-state index contributed by atoms with van der Waals surface area (Å²) in [4.78, 5) is 27.0. The van der Waals surface area contributed by atoms with Crippen molar-refractivity contribution < 1.29 is 14.3 Å². The summed E-state index contributed by atoms with van der Waals surface area (Å²) in [6.45, 7) is 2.43. The molecular formula is C25H24N2O3. The number of amides is 2. The molecule has 0 unspecified atom stereocenters. The number of hydrogen-bond donors (Lipinski definition) is 1. The Bertz CT molecular complexity index is 1000. The molecule has 2 atom stereocenters. The van der Waals surface area contributed by atoms with Crippen LogP contribution in [0, 0.1) is 5.92 Å². The second-order valence-electron chi connectivity index (χ2n) is 7.46. The normalized spacial score (nSPS) is 16.9. The fourth-order valence-electron chi connectivity index (χ4n) is 3.67. The number of carbonyl (C=O) groups is 2. The number of nitrogens with one attached hydrogen (secondary N) is 1. The third kappa shape index (κ3) is 4.51. The minimum absolute atomic E-state index is 0.0121. The third-order valence-corrected chi connectivity index (χ3v) is 5.38. The summed E-state index contributed by atoms with van der Waals surface area (Å²) < 4.78 is 5.77. The first-order valence-electron chi connectivity index (χ1n) is 10.1. The maximum atomic E-state index is 12.7. The number of likely N-dealkylation sites (tertiary alicyclic amines) is 1. The quantitative estimate of drug-likeness (QED) is 0.632. The number of benzene rings is 3. The molecular weight excluding hydrogens is 376 g/mol. The average Bonchev–Trinajstić information content (AvgIpc) is 3.18. The predicted octanol–water partition coefficient (Wildman–Crippen LogP) is 5.03. The minimum atomic E-state index is -0.357. The number of carbonyl (C=O) groups excluding carboxylic acids is 2. The zero-order valence-corrected chi connectivity index (χ0v) is 16.8. The fraction of sp³-hybridized carbons (Fsp3) is 0.200. The van der Waals surface area contributed by atoms with Gasteiger partial charge >= 0.3 is 0 Å². The van der Waals surface area contributed by atoms with Crippen molar-refractivity contribution in [3.8, 4) is 11.5 Å². The van der Waals surface area contributed by atoms with E-state index in [1.165, 1.54) is 0 Å². The summed E-state index contributed by atoms with van der Waals surface area (Å²) in [6.07, 6.45) is 0.234. The van der Waals surface area contributed by atoms with E-state index in [-0.39, 0.29) is 30.2 Å². The average molecular weight is 400 g/mol. The molecule has 0 spiro atoms. The van der Waals surface area contributed by atoms with Crippen LogP contribution in [0.5, 0.6) is 11.5 Å². The lowest BCUT2D eigenvalue weighted by Gasteiger charge is -2.25. The van der Waals surface area contributed by atoms with Crippen LogP contribution in [-0.4, -0.2) is 23.3 Å². The Morgan fingerprint density at radius 2 is 1.53 bits per heavy atom. The zero-order chi connectivity index (χ0) is 20.9. The van der Waals surface area contributed by atoms with Crippen molar-refractivity contribution in [3.05, 3.63) is 90.5 Å². The molecule has 2 amide bonds. The van der Waals surface area contributed by atoms with Gasteiger partial charge in [-0.3, -0.25) is 9.59 Å². The number of rotatable bonds is 6. The molecule has 3 aromatic carbocycles. The molecule has 1 saturated heterocycles. The fourth-order valence-corrected chi connectivity index (χ4v) is 3.67. The molecule has 152 valence electrons. The summed E-state index contributed by atoms with van der Waals surface area (Å²) in [7, 11) is 0. The highest BCUT2D eigenvalue weighted by Gasteiger charge is 2.37. The van der Waals surface area contributed by atoms with Gasteiger partial charge in [0.15, 0.2) is 0 Å². The van der Waals surface area contributed by atoms with E-state index >= 15 is 0 Å². The van der Waals surface area contributed by atoms with Crippen molar-refractivity contribution >= 4 is 17.5 Å². The molecule has 1 fully saturated rings. The molecule has 1 aliphatic rings. The van der Waals surface area contributed by atoms with E-state index in [0.29, 0.717) is 18.0 Å². The topological polar surface area (TPSA) is 58.6 Å². The van der Waals surface area contributed by atoms with Crippen LogP contribution in [0.2, 0.25) is 0 Å². The monoisotopic (exact) mass is 400 g/mol. The molecule has 1 heterocycles. The van der Waals surface area contributed by atoms with Crippen molar-refractivity contribution in [1.29, 1.82) is 0 Å². The van der Waals surface area contributed by atoms with E-state index in [2.05, 4.69) is 5.32 Å². The van der Waals surface area contributed by atoms with E-state index in [9.17, 15) is 9.59 Å². The SMILES string of the molecule is C[C@H](c1ccccc1)N1C[C@@H](C(=O)Nc2ccc(Oc3ccccc3)cc2)CC1=O. The molecule has 3 aromatic rings. The Kier molecular flexibility index (Phi) is 5.80. The van der Waals surface area contributed by atoms with E-state index in [1.54, 1.807) is 17.0 Å². The van der Waals surface area contributed by atoms with Crippen LogP contribution in [0.15, 0.2) is 84.9 Å². The maximum absolute atomic E-state index is 12.7. The van der Waals surface area contributed by atoms with E-state index < -0.39 is 0 Å². The number of anilines is 1. The molecule has 5 nitrogen and oxygen atoms in total. The van der Waals surface area contributed by atoms with E-state index in [0.717, 1.165) is 11.3 Å². The maximum Gasteiger partial charge on any atom is 0.229 e. The van der Waals surface area contributed by atoms with Gasteiger partial charge in [0, 0.05) is 18.7 Å². The van der Waals surface area contributed by atoms with Gasteiger partial charge in [-0.2, -0.15) is 0 Å². The van der Waals surface area contributed by atoms with Crippen LogP contribution < -0.4 is 10.1 Å². The molecule has 0 aliphatic carbocycles. The predicted molar refractivity (Wildman–Crippen MR) is 116 cm³/mol. The molecule has 0 aromatic heterocycles. The van der Waals surface area contributed by atoms with Crippen LogP contribution in [0.4, 0.5) is 5.69 Å². The standard InChI is InChI=1S/C25H24N2O3/c1-18(19-8-4-2-5-9-19)27-17-20(16-24(27)28)25(29)26-21-12-14-23(15-13-21)30-22-10-6-3-7-11-22/h2-15,18,20H,16-17H2,1H3,(H,26,29)/t18-,20+/m1/s1. The lowest BCUT2D eigenvalue weighted by atomic mass is 10.1. The zero-order valence-electron chi connectivity index (χ0n) is 16.8. The second kappa shape index (κ2) is 8.82. The van der Waals surface area contributed by atoms with Gasteiger partial charge in [0.2, 0.25) is 11.8 Å². The van der Waals surface area contributed by atoms with Gasteiger partial charge in [0.25, 0.3) is 0 Å². The van der Waals surface area contributed by atoms with Gasteiger partial charge in [-0.1, -0.05) is 48.5 Å². The first-order chi connectivity index (χ1) is 14.6. The molecule has 1 N–H and O–H groups in total. The Hall–Kier alpha value is -3.60. The largest absolute Gasteiger partial charge is 0.457 e. The number of hydrogen-bond acceptors (Lipinski definition) is 3. The lowest BCUT2D eigenvalue weighted by Crippen LogP contribution is -2.30. The first kappa shape index (κ1) is 19.7. The third-order valence-electron chi connectivity index (χ3n) is 5.38. The van der Waals surface area contributed by atoms with Crippen molar-refractivity contribution in [3.63, 3.8) is 0 Å². The summed E-state index contributed by atoms with van der Waals surface area (Å²) in [5.74, 6) is 0.967. The van der Waals surface area contributed by atoms with Gasteiger partial charge in [-0.05, 0) is 48.9 Å². The van der Waals surface area contributed by atoms with E-state index in [1.807, 2.05) is 79.7 Å². The molecule has 5 heteroatoms. The molecule has 1 aliphatic heterocycles. The van der Waals surface area contributed by atoms with Gasteiger partial charge in [-0.15, -0.1) is 0 Å². The number of ether oxygens (including phenoxy) is 1. The number of para-hydroxylation sites is 1. The number of nitrogens with zero attached hydrogens (tertiary/aromatic N) is 1. The summed E-state index contributed by atoms with van der Waals surface area (Å²) in [6, 6.07) is 26.6. The molecule has 0 radical (unpaired) electrons. The Labute approximate surface area is 176 Å². The van der Waals surface area contributed by atoms with Crippen LogP contribution in [0.25, 0.3) is 0 Å². The van der Waals surface area contributed by atoms with Gasteiger partial charge in [0.1, 0.15) is 11.5 Å². The molecule has 30 heavy (non-hydrogen) atoms. The highest BCUT2D eigenvalue weighted by Crippen LogP contribution is 2.29.